The molecule has 5 heteroatoms. The fourth-order valence-corrected chi connectivity index (χ4v) is 3.39. The minimum Gasteiger partial charge on any atom is -0.382 e. The first kappa shape index (κ1) is 14.3. The first-order valence-electron chi connectivity index (χ1n) is 6.79. The minimum absolute atomic E-state index is 0.346. The summed E-state index contributed by atoms with van der Waals surface area (Å²) in [6.45, 7) is 0. The highest BCUT2D eigenvalue weighted by molar-refractivity contribution is 7.89. The molecule has 1 saturated carbocycles. The maximum Gasteiger partial charge on any atom is 0.242 e. The molecule has 0 amide bonds. The Bertz CT molecular complexity index is 520. The van der Waals surface area contributed by atoms with E-state index in [0.717, 1.165) is 5.69 Å². The highest BCUT2D eigenvalue weighted by Crippen LogP contribution is 2.23. The summed E-state index contributed by atoms with van der Waals surface area (Å²) in [7, 11) is -0.243. The molecular formula is C14H22N2O2S. The molecule has 0 atom stereocenters. The summed E-state index contributed by atoms with van der Waals surface area (Å²) < 4.78 is 25.4. The summed E-state index contributed by atoms with van der Waals surface area (Å²) in [6, 6.07) is 7.57. The van der Waals surface area contributed by atoms with Crippen LogP contribution in [0.1, 0.15) is 32.1 Å². The average Bonchev–Trinajstić information content (AvgIpc) is 2.40. The van der Waals surface area contributed by atoms with Gasteiger partial charge in [-0.05, 0) is 31.0 Å². The molecule has 0 spiro atoms. The SMILES string of the molecule is CN(C)S(=O)(=O)c1cccc(NC2CCCCC2)c1. The molecule has 0 radical (unpaired) electrons. The number of nitrogens with zero attached hydrogens (tertiary/aromatic N) is 1. The lowest BCUT2D eigenvalue weighted by Gasteiger charge is -2.24. The van der Waals surface area contributed by atoms with Gasteiger partial charge in [0.15, 0.2) is 0 Å². The number of nitrogens with one attached hydrogen (secondary N) is 1. The Hall–Kier alpha value is -1.07. The molecule has 1 N–H and O–H groups in total. The summed E-state index contributed by atoms with van der Waals surface area (Å²) in [4.78, 5) is 0.346. The van der Waals surface area contributed by atoms with E-state index in [-0.39, 0.29) is 0 Å². The molecule has 0 bridgehead atoms. The lowest BCUT2D eigenvalue weighted by atomic mass is 9.95. The van der Waals surface area contributed by atoms with E-state index in [1.165, 1.54) is 36.4 Å². The van der Waals surface area contributed by atoms with E-state index >= 15 is 0 Å². The Kier molecular flexibility index (Phi) is 4.47. The molecule has 1 aromatic carbocycles. The van der Waals surface area contributed by atoms with Gasteiger partial charge in [0.2, 0.25) is 10.0 Å². The van der Waals surface area contributed by atoms with E-state index in [2.05, 4.69) is 5.32 Å². The van der Waals surface area contributed by atoms with Gasteiger partial charge in [-0.2, -0.15) is 0 Å². The topological polar surface area (TPSA) is 49.4 Å². The second kappa shape index (κ2) is 5.92. The minimum atomic E-state index is -3.35. The summed E-state index contributed by atoms with van der Waals surface area (Å²) in [5.41, 5.74) is 0.898. The van der Waals surface area contributed by atoms with Crippen molar-refractivity contribution in [3.8, 4) is 0 Å². The van der Waals surface area contributed by atoms with Crippen molar-refractivity contribution in [2.24, 2.45) is 0 Å². The van der Waals surface area contributed by atoms with Crippen LogP contribution < -0.4 is 5.32 Å². The van der Waals surface area contributed by atoms with Crippen LogP contribution in [0.25, 0.3) is 0 Å². The summed E-state index contributed by atoms with van der Waals surface area (Å²) in [5, 5.41) is 3.45. The zero-order chi connectivity index (χ0) is 13.9. The molecule has 0 aliphatic heterocycles. The third-order valence-corrected chi connectivity index (χ3v) is 5.40. The Morgan fingerprint density at radius 3 is 2.47 bits per heavy atom. The molecule has 1 fully saturated rings. The fourth-order valence-electron chi connectivity index (χ4n) is 2.44. The van der Waals surface area contributed by atoms with Crippen molar-refractivity contribution >= 4 is 15.7 Å². The van der Waals surface area contributed by atoms with Gasteiger partial charge in [0, 0.05) is 25.8 Å². The number of rotatable bonds is 4. The van der Waals surface area contributed by atoms with E-state index in [0.29, 0.717) is 10.9 Å². The Labute approximate surface area is 115 Å². The van der Waals surface area contributed by atoms with Gasteiger partial charge in [-0.1, -0.05) is 25.3 Å². The van der Waals surface area contributed by atoms with Crippen LogP contribution in [0.2, 0.25) is 0 Å². The summed E-state index contributed by atoms with van der Waals surface area (Å²) in [6.07, 6.45) is 6.17. The number of hydrogen-bond donors (Lipinski definition) is 1. The van der Waals surface area contributed by atoms with Crippen LogP contribution in [-0.2, 0) is 10.0 Å². The van der Waals surface area contributed by atoms with Crippen LogP contribution in [0.15, 0.2) is 29.2 Å². The third kappa shape index (κ3) is 3.48. The molecule has 19 heavy (non-hydrogen) atoms. The lowest BCUT2D eigenvalue weighted by molar-refractivity contribution is 0.462. The summed E-state index contributed by atoms with van der Waals surface area (Å²) >= 11 is 0. The second-order valence-electron chi connectivity index (χ2n) is 5.29. The quantitative estimate of drug-likeness (QED) is 0.923. The molecule has 1 aliphatic carbocycles. The molecule has 1 aromatic rings. The van der Waals surface area contributed by atoms with Gasteiger partial charge >= 0.3 is 0 Å². The molecule has 0 heterocycles. The predicted molar refractivity (Wildman–Crippen MR) is 77.8 cm³/mol. The smallest absolute Gasteiger partial charge is 0.242 e. The van der Waals surface area contributed by atoms with Crippen molar-refractivity contribution in [1.29, 1.82) is 0 Å². The van der Waals surface area contributed by atoms with Crippen molar-refractivity contribution in [2.75, 3.05) is 19.4 Å². The van der Waals surface area contributed by atoms with E-state index < -0.39 is 10.0 Å². The third-order valence-electron chi connectivity index (χ3n) is 3.59. The monoisotopic (exact) mass is 282 g/mol. The molecule has 4 nitrogen and oxygen atoms in total. The second-order valence-corrected chi connectivity index (χ2v) is 7.45. The molecular weight excluding hydrogens is 260 g/mol. The van der Waals surface area contributed by atoms with Gasteiger partial charge in [-0.25, -0.2) is 12.7 Å². The van der Waals surface area contributed by atoms with Gasteiger partial charge in [0.05, 0.1) is 4.90 Å². The maximum absolute atomic E-state index is 12.1. The van der Waals surface area contributed by atoms with Crippen LogP contribution >= 0.6 is 0 Å². The number of benzene rings is 1. The van der Waals surface area contributed by atoms with E-state index in [9.17, 15) is 8.42 Å². The predicted octanol–water partition coefficient (Wildman–Crippen LogP) is 2.68. The van der Waals surface area contributed by atoms with E-state index in [4.69, 9.17) is 0 Å². The number of anilines is 1. The van der Waals surface area contributed by atoms with Gasteiger partial charge < -0.3 is 5.32 Å². The largest absolute Gasteiger partial charge is 0.382 e. The van der Waals surface area contributed by atoms with Gasteiger partial charge in [-0.3, -0.25) is 0 Å². The van der Waals surface area contributed by atoms with Crippen molar-refractivity contribution in [2.45, 2.75) is 43.0 Å². The molecule has 0 saturated heterocycles. The van der Waals surface area contributed by atoms with E-state index in [1.54, 1.807) is 32.3 Å². The fraction of sp³-hybridized carbons (Fsp3) is 0.571. The first-order chi connectivity index (χ1) is 9.00. The van der Waals surface area contributed by atoms with Gasteiger partial charge in [0.1, 0.15) is 0 Å². The van der Waals surface area contributed by atoms with E-state index in [1.807, 2.05) is 6.07 Å². The van der Waals surface area contributed by atoms with Crippen LogP contribution in [0, 0.1) is 0 Å². The van der Waals surface area contributed by atoms with Crippen LogP contribution in [0.4, 0.5) is 5.69 Å². The lowest BCUT2D eigenvalue weighted by Crippen LogP contribution is -2.24. The van der Waals surface area contributed by atoms with Crippen LogP contribution in [0.5, 0.6) is 0 Å². The number of hydrogen-bond acceptors (Lipinski definition) is 3. The Balaban J connectivity index is 2.15. The first-order valence-corrected chi connectivity index (χ1v) is 8.23. The van der Waals surface area contributed by atoms with Crippen molar-refractivity contribution < 1.29 is 8.42 Å². The van der Waals surface area contributed by atoms with Gasteiger partial charge in [-0.15, -0.1) is 0 Å². The zero-order valence-corrected chi connectivity index (χ0v) is 12.4. The molecule has 0 unspecified atom stereocenters. The van der Waals surface area contributed by atoms with Crippen molar-refractivity contribution in [1.82, 2.24) is 4.31 Å². The normalized spacial score (nSPS) is 17.6. The maximum atomic E-state index is 12.1. The van der Waals surface area contributed by atoms with Crippen LogP contribution in [-0.4, -0.2) is 32.9 Å². The van der Waals surface area contributed by atoms with Gasteiger partial charge in [0.25, 0.3) is 0 Å². The Morgan fingerprint density at radius 2 is 1.84 bits per heavy atom. The highest BCUT2D eigenvalue weighted by Gasteiger charge is 2.18. The molecule has 0 aromatic heterocycles. The van der Waals surface area contributed by atoms with Crippen molar-refractivity contribution in [3.63, 3.8) is 0 Å². The molecule has 1 aliphatic rings. The molecule has 2 rings (SSSR count). The highest BCUT2D eigenvalue weighted by atomic mass is 32.2. The standard InChI is InChI=1S/C14H22N2O2S/c1-16(2)19(17,18)14-10-6-9-13(11-14)15-12-7-4-3-5-8-12/h6,9-12,15H,3-5,7-8H2,1-2H3. The van der Waals surface area contributed by atoms with Crippen LogP contribution in [0.3, 0.4) is 0 Å². The zero-order valence-electron chi connectivity index (χ0n) is 11.6. The number of sulfonamides is 1. The Morgan fingerprint density at radius 1 is 1.16 bits per heavy atom. The average molecular weight is 282 g/mol. The molecule has 106 valence electrons. The van der Waals surface area contributed by atoms with Crippen molar-refractivity contribution in [3.05, 3.63) is 24.3 Å². The summed E-state index contributed by atoms with van der Waals surface area (Å²) in [5.74, 6) is 0.